The molecule has 3 aromatic rings. The van der Waals surface area contributed by atoms with E-state index < -0.39 is 5.91 Å². The number of hydrazine groups is 1. The predicted molar refractivity (Wildman–Crippen MR) is 120 cm³/mol. The van der Waals surface area contributed by atoms with Gasteiger partial charge in [0.25, 0.3) is 11.8 Å². The Labute approximate surface area is 184 Å². The number of hydrogen-bond donors (Lipinski definition) is 2. The van der Waals surface area contributed by atoms with Crippen LogP contribution in [0.4, 0.5) is 0 Å². The van der Waals surface area contributed by atoms with Gasteiger partial charge >= 0.3 is 0 Å². The molecule has 0 heterocycles. The number of benzene rings is 3. The van der Waals surface area contributed by atoms with E-state index in [4.69, 9.17) is 4.74 Å². The normalized spacial score (nSPS) is 10.2. The average molecular weight is 551 g/mol. The molecule has 5 nitrogen and oxygen atoms in total. The minimum atomic E-state index is -0.460. The fourth-order valence-corrected chi connectivity index (χ4v) is 3.57. The Balaban J connectivity index is 1.53. The van der Waals surface area contributed by atoms with Crippen LogP contribution >= 0.6 is 38.5 Å². The zero-order chi connectivity index (χ0) is 19.9. The molecule has 2 amide bonds. The SMILES string of the molecule is O=C(COc1ccc(-c2ccccc2)cc1Br)NNC(=O)c1ccccc1I. The lowest BCUT2D eigenvalue weighted by molar-refractivity contribution is -0.123. The monoisotopic (exact) mass is 550 g/mol. The molecular formula is C21H16BrIN2O3. The number of nitrogens with one attached hydrogen (secondary N) is 2. The Morgan fingerprint density at radius 1 is 0.893 bits per heavy atom. The summed E-state index contributed by atoms with van der Waals surface area (Å²) >= 11 is 5.53. The number of amides is 2. The highest BCUT2D eigenvalue weighted by Crippen LogP contribution is 2.30. The summed E-state index contributed by atoms with van der Waals surface area (Å²) in [5.41, 5.74) is 7.35. The summed E-state index contributed by atoms with van der Waals surface area (Å²) in [6, 6.07) is 22.7. The molecular weight excluding hydrogens is 535 g/mol. The van der Waals surface area contributed by atoms with Crippen LogP contribution < -0.4 is 15.6 Å². The number of carbonyl (C=O) groups excluding carboxylic acids is 2. The van der Waals surface area contributed by atoms with Crippen molar-refractivity contribution in [2.24, 2.45) is 0 Å². The summed E-state index contributed by atoms with van der Waals surface area (Å²) in [4.78, 5) is 24.1. The Bertz CT molecular complexity index is 996. The van der Waals surface area contributed by atoms with E-state index in [1.807, 2.05) is 54.6 Å². The minimum Gasteiger partial charge on any atom is -0.483 e. The lowest BCUT2D eigenvalue weighted by atomic mass is 10.1. The highest BCUT2D eigenvalue weighted by atomic mass is 127. The lowest BCUT2D eigenvalue weighted by Crippen LogP contribution is -2.44. The fourth-order valence-electron chi connectivity index (χ4n) is 2.45. The van der Waals surface area contributed by atoms with E-state index in [-0.39, 0.29) is 12.5 Å². The number of hydrogen-bond acceptors (Lipinski definition) is 3. The lowest BCUT2D eigenvalue weighted by Gasteiger charge is -2.11. The van der Waals surface area contributed by atoms with E-state index in [1.54, 1.807) is 18.2 Å². The molecule has 0 saturated heterocycles. The quantitative estimate of drug-likeness (QED) is 0.361. The third-order valence-electron chi connectivity index (χ3n) is 3.83. The molecule has 0 aromatic heterocycles. The van der Waals surface area contributed by atoms with Gasteiger partial charge in [-0.2, -0.15) is 0 Å². The molecule has 0 spiro atoms. The Morgan fingerprint density at radius 2 is 1.61 bits per heavy atom. The summed E-state index contributed by atoms with van der Waals surface area (Å²) in [5.74, 6) is -0.302. The van der Waals surface area contributed by atoms with E-state index in [9.17, 15) is 9.59 Å². The molecule has 0 unspecified atom stereocenters. The second-order valence-electron chi connectivity index (χ2n) is 5.78. The van der Waals surface area contributed by atoms with Gasteiger partial charge in [0, 0.05) is 3.57 Å². The average Bonchev–Trinajstić information content (AvgIpc) is 2.72. The summed E-state index contributed by atoms with van der Waals surface area (Å²) in [6.07, 6.45) is 0. The molecule has 0 bridgehead atoms. The van der Waals surface area contributed by atoms with E-state index in [0.29, 0.717) is 11.3 Å². The van der Waals surface area contributed by atoms with Gasteiger partial charge in [-0.25, -0.2) is 0 Å². The molecule has 2 N–H and O–H groups in total. The number of halogens is 2. The van der Waals surface area contributed by atoms with Crippen LogP contribution in [-0.4, -0.2) is 18.4 Å². The van der Waals surface area contributed by atoms with Gasteiger partial charge in [0.2, 0.25) is 0 Å². The first-order chi connectivity index (χ1) is 13.5. The third-order valence-corrected chi connectivity index (χ3v) is 5.39. The van der Waals surface area contributed by atoms with Gasteiger partial charge in [-0.15, -0.1) is 0 Å². The molecule has 0 saturated carbocycles. The highest BCUT2D eigenvalue weighted by molar-refractivity contribution is 14.1. The number of ether oxygens (including phenoxy) is 1. The van der Waals surface area contributed by atoms with E-state index in [2.05, 4.69) is 49.4 Å². The van der Waals surface area contributed by atoms with Crippen LogP contribution in [0.5, 0.6) is 5.75 Å². The molecule has 142 valence electrons. The van der Waals surface area contributed by atoms with Crippen molar-refractivity contribution in [3.8, 4) is 16.9 Å². The van der Waals surface area contributed by atoms with Crippen molar-refractivity contribution in [1.82, 2.24) is 10.9 Å². The second kappa shape index (κ2) is 9.70. The first-order valence-corrected chi connectivity index (χ1v) is 10.2. The fraction of sp³-hybridized carbons (Fsp3) is 0.0476. The molecule has 0 atom stereocenters. The smallest absolute Gasteiger partial charge is 0.276 e. The summed E-state index contributed by atoms with van der Waals surface area (Å²) in [5, 5.41) is 0. The van der Waals surface area contributed by atoms with Gasteiger partial charge in [-0.1, -0.05) is 48.5 Å². The van der Waals surface area contributed by atoms with Crippen LogP contribution in [0.2, 0.25) is 0 Å². The van der Waals surface area contributed by atoms with Crippen molar-refractivity contribution in [3.63, 3.8) is 0 Å². The topological polar surface area (TPSA) is 67.4 Å². The molecule has 0 fully saturated rings. The largest absolute Gasteiger partial charge is 0.483 e. The standard InChI is InChI=1S/C21H16BrIN2O3/c22-17-12-15(14-6-2-1-3-7-14)10-11-19(17)28-13-20(26)24-25-21(27)16-8-4-5-9-18(16)23/h1-12H,13H2,(H,24,26)(H,25,27). The maximum Gasteiger partial charge on any atom is 0.276 e. The summed E-state index contributed by atoms with van der Waals surface area (Å²) < 4.78 is 7.08. The van der Waals surface area contributed by atoms with Gasteiger partial charge in [0.05, 0.1) is 10.0 Å². The zero-order valence-corrected chi connectivity index (χ0v) is 18.4. The molecule has 3 rings (SSSR count). The van der Waals surface area contributed by atoms with Crippen LogP contribution in [0.1, 0.15) is 10.4 Å². The molecule has 0 aliphatic carbocycles. The van der Waals surface area contributed by atoms with Gasteiger partial charge < -0.3 is 4.74 Å². The predicted octanol–water partition coefficient (Wildman–Crippen LogP) is 4.56. The van der Waals surface area contributed by atoms with Crippen molar-refractivity contribution in [1.29, 1.82) is 0 Å². The summed E-state index contributed by atoms with van der Waals surface area (Å²) in [7, 11) is 0. The Kier molecular flexibility index (Phi) is 7.05. The number of carbonyl (C=O) groups is 2. The van der Waals surface area contributed by atoms with Gasteiger partial charge in [-0.05, 0) is 73.9 Å². The van der Waals surface area contributed by atoms with Crippen LogP contribution in [0.15, 0.2) is 77.3 Å². The first-order valence-electron chi connectivity index (χ1n) is 8.36. The molecule has 0 aliphatic rings. The Morgan fingerprint density at radius 3 is 2.32 bits per heavy atom. The molecule has 28 heavy (non-hydrogen) atoms. The van der Waals surface area contributed by atoms with Crippen molar-refractivity contribution >= 4 is 50.3 Å². The molecule has 3 aromatic carbocycles. The Hall–Kier alpha value is -2.39. The maximum atomic E-state index is 12.1. The van der Waals surface area contributed by atoms with Crippen LogP contribution in [-0.2, 0) is 4.79 Å². The van der Waals surface area contributed by atoms with Crippen molar-refractivity contribution < 1.29 is 14.3 Å². The van der Waals surface area contributed by atoms with Crippen LogP contribution in [0.25, 0.3) is 11.1 Å². The minimum absolute atomic E-state index is 0.227. The van der Waals surface area contributed by atoms with Gasteiger partial charge in [0.1, 0.15) is 5.75 Å². The molecule has 0 radical (unpaired) electrons. The number of rotatable bonds is 5. The van der Waals surface area contributed by atoms with Crippen molar-refractivity contribution in [3.05, 3.63) is 86.4 Å². The highest BCUT2D eigenvalue weighted by Gasteiger charge is 2.11. The third kappa shape index (κ3) is 5.32. The molecule has 7 heteroatoms. The van der Waals surface area contributed by atoms with Crippen LogP contribution in [0, 0.1) is 3.57 Å². The van der Waals surface area contributed by atoms with E-state index >= 15 is 0 Å². The van der Waals surface area contributed by atoms with Crippen LogP contribution in [0.3, 0.4) is 0 Å². The van der Waals surface area contributed by atoms with Crippen molar-refractivity contribution in [2.75, 3.05) is 6.61 Å². The molecule has 0 aliphatic heterocycles. The zero-order valence-electron chi connectivity index (χ0n) is 14.6. The maximum absolute atomic E-state index is 12.1. The van der Waals surface area contributed by atoms with E-state index in [1.165, 1.54) is 0 Å². The van der Waals surface area contributed by atoms with Gasteiger partial charge in [-0.3, -0.25) is 20.4 Å². The van der Waals surface area contributed by atoms with Gasteiger partial charge in [0.15, 0.2) is 6.61 Å². The second-order valence-corrected chi connectivity index (χ2v) is 7.80. The van der Waals surface area contributed by atoms with Crippen molar-refractivity contribution in [2.45, 2.75) is 0 Å². The van der Waals surface area contributed by atoms with E-state index in [0.717, 1.165) is 19.2 Å². The summed E-state index contributed by atoms with van der Waals surface area (Å²) in [6.45, 7) is -0.227. The first kappa shape index (κ1) is 20.3.